The lowest BCUT2D eigenvalue weighted by atomic mass is 10.0. The molecule has 0 fully saturated rings. The van der Waals surface area contributed by atoms with Crippen molar-refractivity contribution in [2.75, 3.05) is 11.9 Å². The second kappa shape index (κ2) is 9.98. The van der Waals surface area contributed by atoms with E-state index >= 15 is 0 Å². The summed E-state index contributed by atoms with van der Waals surface area (Å²) in [5.74, 6) is -2.11. The summed E-state index contributed by atoms with van der Waals surface area (Å²) in [4.78, 5) is 46.8. The number of nitrogens with one attached hydrogen (secondary N) is 2. The molecule has 0 spiro atoms. The molecule has 2 N–H and O–H groups in total. The Balaban J connectivity index is 1.92. The van der Waals surface area contributed by atoms with Gasteiger partial charge in [-0.3, -0.25) is 19.7 Å². The van der Waals surface area contributed by atoms with E-state index in [1.165, 1.54) is 24.3 Å². The van der Waals surface area contributed by atoms with Crippen LogP contribution in [0.4, 0.5) is 11.4 Å². The van der Waals surface area contributed by atoms with Crippen LogP contribution < -0.4 is 10.6 Å². The van der Waals surface area contributed by atoms with E-state index in [4.69, 9.17) is 4.74 Å². The highest BCUT2D eigenvalue weighted by Gasteiger charge is 2.26. The summed E-state index contributed by atoms with van der Waals surface area (Å²) in [6.45, 7) is 2.88. The zero-order chi connectivity index (χ0) is 21.4. The van der Waals surface area contributed by atoms with Crippen molar-refractivity contribution in [3.8, 4) is 0 Å². The van der Waals surface area contributed by atoms with Crippen LogP contribution in [0.5, 0.6) is 0 Å². The summed E-state index contributed by atoms with van der Waals surface area (Å²) in [5.41, 5.74) is 0.427. The van der Waals surface area contributed by atoms with Crippen molar-refractivity contribution in [2.24, 2.45) is 5.92 Å². The molecule has 1 atom stereocenters. The van der Waals surface area contributed by atoms with Gasteiger partial charge in [-0.15, -0.1) is 0 Å². The smallest absolute Gasteiger partial charge is 0.329 e. The van der Waals surface area contributed by atoms with E-state index in [2.05, 4.69) is 10.6 Å². The summed E-state index contributed by atoms with van der Waals surface area (Å²) in [7, 11) is 0. The van der Waals surface area contributed by atoms with E-state index < -0.39 is 35.4 Å². The number of esters is 1. The largest absolute Gasteiger partial charge is 0.454 e. The van der Waals surface area contributed by atoms with Crippen LogP contribution in [0.1, 0.15) is 24.2 Å². The fourth-order valence-corrected chi connectivity index (χ4v) is 2.43. The monoisotopic (exact) mass is 399 g/mol. The highest BCUT2D eigenvalue weighted by Crippen LogP contribution is 2.17. The molecule has 0 aliphatic carbocycles. The maximum absolute atomic E-state index is 12.3. The topological polar surface area (TPSA) is 128 Å². The molecule has 2 aromatic carbocycles. The van der Waals surface area contributed by atoms with Crippen molar-refractivity contribution in [3.63, 3.8) is 0 Å². The van der Waals surface area contributed by atoms with Gasteiger partial charge in [0.05, 0.1) is 4.92 Å². The van der Waals surface area contributed by atoms with Crippen LogP contribution in [0, 0.1) is 16.0 Å². The van der Waals surface area contributed by atoms with Crippen LogP contribution in [-0.4, -0.2) is 35.4 Å². The maximum Gasteiger partial charge on any atom is 0.329 e. The lowest BCUT2D eigenvalue weighted by Gasteiger charge is -2.20. The number of non-ortho nitro benzene ring substituents is 1. The van der Waals surface area contributed by atoms with Gasteiger partial charge in [-0.05, 0) is 24.1 Å². The van der Waals surface area contributed by atoms with Gasteiger partial charge in [-0.1, -0.05) is 38.1 Å². The predicted molar refractivity (Wildman–Crippen MR) is 105 cm³/mol. The number of hydrogen-bond donors (Lipinski definition) is 2. The molecule has 0 aliphatic rings. The maximum atomic E-state index is 12.3. The Morgan fingerprint density at radius 1 is 1.07 bits per heavy atom. The fraction of sp³-hybridized carbons (Fsp3) is 0.250. The van der Waals surface area contributed by atoms with Gasteiger partial charge in [0.1, 0.15) is 6.04 Å². The molecule has 0 bridgehead atoms. The first-order valence-corrected chi connectivity index (χ1v) is 8.84. The molecule has 0 saturated carbocycles. The Kier molecular flexibility index (Phi) is 7.41. The van der Waals surface area contributed by atoms with Crippen molar-refractivity contribution in [1.29, 1.82) is 0 Å². The number of carbonyl (C=O) groups excluding carboxylic acids is 3. The number of carbonyl (C=O) groups is 3. The summed E-state index contributed by atoms with van der Waals surface area (Å²) in [6, 6.07) is 12.9. The second-order valence-electron chi connectivity index (χ2n) is 6.52. The van der Waals surface area contributed by atoms with Gasteiger partial charge in [-0.25, -0.2) is 4.79 Å². The molecule has 0 aromatic heterocycles. The highest BCUT2D eigenvalue weighted by atomic mass is 16.6. The van der Waals surface area contributed by atoms with Crippen molar-refractivity contribution in [2.45, 2.75) is 19.9 Å². The SMILES string of the molecule is CC(C)[C@H](NC(=O)c1ccccc1)C(=O)OCC(=O)Nc1cccc([N+](=O)[O-])c1. The van der Waals surface area contributed by atoms with Crippen LogP contribution in [-0.2, 0) is 14.3 Å². The molecule has 0 aliphatic heterocycles. The number of anilines is 1. The minimum absolute atomic E-state index is 0.178. The zero-order valence-corrected chi connectivity index (χ0v) is 16.0. The minimum Gasteiger partial charge on any atom is -0.454 e. The Morgan fingerprint density at radius 3 is 2.38 bits per heavy atom. The van der Waals surface area contributed by atoms with Crippen LogP contribution in [0.2, 0.25) is 0 Å². The number of ether oxygens (including phenoxy) is 1. The minimum atomic E-state index is -0.937. The number of benzene rings is 2. The molecule has 9 nitrogen and oxygen atoms in total. The number of rotatable bonds is 8. The van der Waals surface area contributed by atoms with E-state index in [0.717, 1.165) is 0 Å². The number of amides is 2. The van der Waals surface area contributed by atoms with Gasteiger partial charge < -0.3 is 15.4 Å². The molecule has 2 rings (SSSR count). The highest BCUT2D eigenvalue weighted by molar-refractivity contribution is 5.97. The first-order chi connectivity index (χ1) is 13.8. The van der Waals surface area contributed by atoms with Crippen LogP contribution in [0.15, 0.2) is 54.6 Å². The van der Waals surface area contributed by atoms with Crippen molar-refractivity contribution >= 4 is 29.2 Å². The van der Waals surface area contributed by atoms with Crippen molar-refractivity contribution < 1.29 is 24.0 Å². The third-order valence-corrected chi connectivity index (χ3v) is 3.93. The molecule has 2 amide bonds. The summed E-state index contributed by atoms with van der Waals surface area (Å²) in [6.07, 6.45) is 0. The number of nitro benzene ring substituents is 1. The lowest BCUT2D eigenvalue weighted by molar-refractivity contribution is -0.384. The molecular weight excluding hydrogens is 378 g/mol. The Bertz CT molecular complexity index is 898. The first-order valence-electron chi connectivity index (χ1n) is 8.84. The van der Waals surface area contributed by atoms with E-state index in [-0.39, 0.29) is 17.3 Å². The van der Waals surface area contributed by atoms with E-state index in [1.807, 2.05) is 0 Å². The molecule has 29 heavy (non-hydrogen) atoms. The molecule has 0 heterocycles. The van der Waals surface area contributed by atoms with E-state index in [0.29, 0.717) is 5.56 Å². The average molecular weight is 399 g/mol. The standard InChI is InChI=1S/C20H21N3O6/c1-13(2)18(22-19(25)14-7-4-3-5-8-14)20(26)29-12-17(24)21-15-9-6-10-16(11-15)23(27)28/h3-11,13,18H,12H2,1-2H3,(H,21,24)(H,22,25)/t18-/m0/s1. The molecule has 0 unspecified atom stereocenters. The molecule has 0 radical (unpaired) electrons. The van der Waals surface area contributed by atoms with Gasteiger partial charge in [0.15, 0.2) is 6.61 Å². The Labute approximate surface area is 167 Å². The van der Waals surface area contributed by atoms with Gasteiger partial charge >= 0.3 is 5.97 Å². The summed E-state index contributed by atoms with van der Waals surface area (Å²) >= 11 is 0. The molecule has 2 aromatic rings. The number of nitro groups is 1. The normalized spacial score (nSPS) is 11.4. The second-order valence-corrected chi connectivity index (χ2v) is 6.52. The van der Waals surface area contributed by atoms with Gasteiger partial charge in [0, 0.05) is 23.4 Å². The number of hydrogen-bond acceptors (Lipinski definition) is 6. The van der Waals surface area contributed by atoms with Gasteiger partial charge in [-0.2, -0.15) is 0 Å². The zero-order valence-electron chi connectivity index (χ0n) is 16.0. The van der Waals surface area contributed by atoms with Crippen LogP contribution >= 0.6 is 0 Å². The van der Waals surface area contributed by atoms with Crippen molar-refractivity contribution in [3.05, 3.63) is 70.3 Å². The molecular formula is C20H21N3O6. The Morgan fingerprint density at radius 2 is 1.76 bits per heavy atom. The quantitative estimate of drug-likeness (QED) is 0.399. The number of nitrogens with zero attached hydrogens (tertiary/aromatic N) is 1. The predicted octanol–water partition coefficient (Wildman–Crippen LogP) is 2.53. The molecule has 152 valence electrons. The Hall–Kier alpha value is -3.75. The third kappa shape index (κ3) is 6.42. The van der Waals surface area contributed by atoms with Gasteiger partial charge in [0.2, 0.25) is 0 Å². The van der Waals surface area contributed by atoms with Crippen LogP contribution in [0.3, 0.4) is 0 Å². The average Bonchev–Trinajstić information content (AvgIpc) is 2.70. The van der Waals surface area contributed by atoms with E-state index in [1.54, 1.807) is 44.2 Å². The lowest BCUT2D eigenvalue weighted by Crippen LogP contribution is -2.45. The van der Waals surface area contributed by atoms with Crippen LogP contribution in [0.25, 0.3) is 0 Å². The fourth-order valence-electron chi connectivity index (χ4n) is 2.43. The summed E-state index contributed by atoms with van der Waals surface area (Å²) in [5, 5.41) is 15.8. The molecule has 0 saturated heterocycles. The summed E-state index contributed by atoms with van der Waals surface area (Å²) < 4.78 is 5.01. The molecule has 9 heteroatoms. The van der Waals surface area contributed by atoms with Crippen molar-refractivity contribution in [1.82, 2.24) is 5.32 Å². The van der Waals surface area contributed by atoms with Gasteiger partial charge in [0.25, 0.3) is 17.5 Å². The first kappa shape index (κ1) is 21.5. The van der Waals surface area contributed by atoms with E-state index in [9.17, 15) is 24.5 Å². The third-order valence-electron chi connectivity index (χ3n) is 3.93.